The number of sulfonamides is 1. The zero-order valence-electron chi connectivity index (χ0n) is 38.1. The number of nitrogens with zero attached hydrogens (tertiary/aromatic N) is 5. The van der Waals surface area contributed by atoms with Crippen molar-refractivity contribution in [2.75, 3.05) is 12.8 Å². The summed E-state index contributed by atoms with van der Waals surface area (Å²) in [5.41, 5.74) is 5.63. The third-order valence-corrected chi connectivity index (χ3v) is 18.9. The van der Waals surface area contributed by atoms with Crippen LogP contribution in [0.4, 0.5) is 8.78 Å². The second-order valence-electron chi connectivity index (χ2n) is 18.6. The summed E-state index contributed by atoms with van der Waals surface area (Å²) < 4.78 is 84.4. The van der Waals surface area contributed by atoms with Crippen molar-refractivity contribution in [1.82, 2.24) is 23.9 Å². The van der Waals surface area contributed by atoms with Crippen LogP contribution in [0.3, 0.4) is 0 Å². The molecule has 2 fully saturated rings. The SMILES string of the molecule is CC(=O)[C@]12Cc3cnn(-c4ccc(F)cc4)c3C=C1CC[C@H](CS(=O)(=O)c1ccc(Cl)cc1)C2.CC(=O)[C@]12Cc3cnn(-c4ccc(F)cc4)c3C=C1CC[C@H](N(C)S(=O)(=O)c1ccc(Cl)cc1)C2. The van der Waals surface area contributed by atoms with Crippen molar-refractivity contribution in [2.45, 2.75) is 81.0 Å². The van der Waals surface area contributed by atoms with Gasteiger partial charge in [0.05, 0.1) is 61.5 Å². The standard InChI is InChI=1S/C26H25ClFN3O3S.C26H24ClFN2O3S/c1-17(32)26-14-18-16-29-31(22-9-6-21(28)7-10-22)25(18)13-19(26)3-8-23(15-26)30(2)35(33,34)24-11-4-20(27)5-12-24;1-17(31)26-13-18(16-34(32,33)24-10-4-21(27)5-11-24)2-3-20(26)12-25-19(14-26)15-29-30(25)23-8-6-22(28)7-9-23/h4-7,9-13,16,23H,3,8,14-15H2,1-2H3;4-12,15,18H,2-3,13-14,16H2,1H3/t23-,26+;18-,26-/m00/s1. The van der Waals surface area contributed by atoms with Crippen LogP contribution in [-0.2, 0) is 42.3 Å². The summed E-state index contributed by atoms with van der Waals surface area (Å²) in [6.45, 7) is 3.18. The fourth-order valence-electron chi connectivity index (χ4n) is 10.7. The van der Waals surface area contributed by atoms with Crippen molar-refractivity contribution in [2.24, 2.45) is 16.7 Å². The maximum atomic E-state index is 13.4. The summed E-state index contributed by atoms with van der Waals surface area (Å²) in [5, 5.41) is 9.96. The molecule has 0 aliphatic heterocycles. The van der Waals surface area contributed by atoms with Gasteiger partial charge in [-0.1, -0.05) is 34.3 Å². The van der Waals surface area contributed by atoms with E-state index in [4.69, 9.17) is 23.2 Å². The van der Waals surface area contributed by atoms with Crippen LogP contribution in [0.15, 0.2) is 130 Å². The van der Waals surface area contributed by atoms with Crippen LogP contribution in [0, 0.1) is 28.4 Å². The predicted molar refractivity (Wildman–Crippen MR) is 262 cm³/mol. The van der Waals surface area contributed by atoms with Crippen molar-refractivity contribution >= 4 is 66.8 Å². The third kappa shape index (κ3) is 9.20. The van der Waals surface area contributed by atoms with Gasteiger partial charge < -0.3 is 0 Å². The number of hydrogen-bond acceptors (Lipinski definition) is 8. The van der Waals surface area contributed by atoms with Crippen LogP contribution in [0.5, 0.6) is 0 Å². The van der Waals surface area contributed by atoms with Gasteiger partial charge in [-0.05, 0) is 191 Å². The van der Waals surface area contributed by atoms with E-state index in [1.165, 1.54) is 52.8 Å². The number of hydrogen-bond donors (Lipinski definition) is 0. The summed E-state index contributed by atoms with van der Waals surface area (Å²) >= 11 is 11.8. The first-order valence-electron chi connectivity index (χ1n) is 22.6. The maximum Gasteiger partial charge on any atom is 0.243 e. The second kappa shape index (κ2) is 18.6. The number of benzene rings is 4. The summed E-state index contributed by atoms with van der Waals surface area (Å²) in [5.74, 6) is -0.697. The molecule has 2 saturated carbocycles. The number of Topliss-reactive ketones (excluding diaryl/α,β-unsaturated/α-hetero) is 2. The van der Waals surface area contributed by atoms with Crippen LogP contribution >= 0.6 is 23.2 Å². The molecular weight excluding hydrogens is 964 g/mol. The van der Waals surface area contributed by atoms with E-state index in [0.717, 1.165) is 45.0 Å². The lowest BCUT2D eigenvalue weighted by Gasteiger charge is -2.45. The summed E-state index contributed by atoms with van der Waals surface area (Å²) in [6.07, 6.45) is 11.9. The highest BCUT2D eigenvalue weighted by Gasteiger charge is 2.50. The lowest BCUT2D eigenvalue weighted by molar-refractivity contribution is -0.127. The Morgan fingerprint density at radius 3 is 1.55 bits per heavy atom. The minimum atomic E-state index is -3.74. The number of allylic oxidation sites excluding steroid dienone is 2. The van der Waals surface area contributed by atoms with Gasteiger partial charge in [0.25, 0.3) is 0 Å². The van der Waals surface area contributed by atoms with Gasteiger partial charge in [0.15, 0.2) is 9.84 Å². The molecule has 4 aromatic carbocycles. The minimum absolute atomic E-state index is 0.00135. The first-order chi connectivity index (χ1) is 32.8. The van der Waals surface area contributed by atoms with E-state index in [-0.39, 0.29) is 50.7 Å². The van der Waals surface area contributed by atoms with Gasteiger partial charge in [0.1, 0.15) is 23.2 Å². The maximum absolute atomic E-state index is 13.4. The average molecular weight is 1010 g/mol. The molecule has 358 valence electrons. The first kappa shape index (κ1) is 48.4. The smallest absolute Gasteiger partial charge is 0.243 e. The topological polar surface area (TPSA) is 141 Å². The van der Waals surface area contributed by atoms with E-state index >= 15 is 0 Å². The zero-order valence-corrected chi connectivity index (χ0v) is 41.2. The Hall–Kier alpha value is -5.58. The number of halogens is 4. The second-order valence-corrected chi connectivity index (χ2v) is 23.5. The van der Waals surface area contributed by atoms with E-state index in [1.54, 1.807) is 91.2 Å². The minimum Gasteiger partial charge on any atom is -0.299 e. The van der Waals surface area contributed by atoms with Crippen LogP contribution in [0.2, 0.25) is 10.0 Å². The molecule has 0 bridgehead atoms. The number of aromatic nitrogens is 4. The third-order valence-electron chi connectivity index (χ3n) is 14.5. The monoisotopic (exact) mass is 1010 g/mol. The summed E-state index contributed by atoms with van der Waals surface area (Å²) in [7, 11) is -5.66. The van der Waals surface area contributed by atoms with Crippen molar-refractivity contribution in [3.05, 3.63) is 165 Å². The fraction of sp³-hybridized carbons (Fsp3) is 0.308. The molecule has 2 aromatic heterocycles. The molecule has 0 saturated heterocycles. The molecule has 0 unspecified atom stereocenters. The van der Waals surface area contributed by atoms with Gasteiger partial charge in [-0.3, -0.25) is 9.59 Å². The Kier molecular flexibility index (Phi) is 13.1. The average Bonchev–Trinajstić information content (AvgIpc) is 3.93. The highest BCUT2D eigenvalue weighted by atomic mass is 35.5. The van der Waals surface area contributed by atoms with Crippen molar-refractivity contribution in [3.63, 3.8) is 0 Å². The molecule has 10 rings (SSSR count). The first-order valence-corrected chi connectivity index (χ1v) is 26.5. The van der Waals surface area contributed by atoms with Crippen LogP contribution in [0.25, 0.3) is 23.5 Å². The number of sulfone groups is 1. The number of carbonyl (C=O) groups excluding carboxylic acids is 2. The van der Waals surface area contributed by atoms with Crippen molar-refractivity contribution in [3.8, 4) is 11.4 Å². The number of ketones is 2. The quantitative estimate of drug-likeness (QED) is 0.132. The van der Waals surface area contributed by atoms with Gasteiger partial charge >= 0.3 is 0 Å². The predicted octanol–water partition coefficient (Wildman–Crippen LogP) is 10.5. The highest BCUT2D eigenvalue weighted by Crippen LogP contribution is 2.52. The molecule has 0 N–H and O–H groups in total. The Morgan fingerprint density at radius 1 is 0.652 bits per heavy atom. The summed E-state index contributed by atoms with van der Waals surface area (Å²) in [4.78, 5) is 26.6. The van der Waals surface area contributed by atoms with E-state index < -0.39 is 30.7 Å². The van der Waals surface area contributed by atoms with Crippen molar-refractivity contribution in [1.29, 1.82) is 0 Å². The zero-order chi connectivity index (χ0) is 49.0. The normalized spacial score (nSPS) is 21.9. The number of rotatable bonds is 10. The fourth-order valence-corrected chi connectivity index (χ4v) is 14.0. The molecule has 4 aliphatic rings. The van der Waals surface area contributed by atoms with E-state index in [9.17, 15) is 35.2 Å². The van der Waals surface area contributed by atoms with Gasteiger partial charge in [-0.25, -0.2) is 35.0 Å². The highest BCUT2D eigenvalue weighted by molar-refractivity contribution is 7.91. The Balaban J connectivity index is 0.000000172. The largest absolute Gasteiger partial charge is 0.299 e. The molecule has 2 heterocycles. The van der Waals surface area contributed by atoms with Crippen LogP contribution < -0.4 is 0 Å². The Bertz CT molecular complexity index is 3260. The molecule has 6 aromatic rings. The molecule has 4 aliphatic carbocycles. The number of fused-ring (bicyclic) bond motifs is 4. The Morgan fingerprint density at radius 2 is 1.09 bits per heavy atom. The molecule has 4 atom stereocenters. The van der Waals surface area contributed by atoms with E-state index in [1.807, 2.05) is 12.2 Å². The van der Waals surface area contributed by atoms with Gasteiger partial charge in [0, 0.05) is 23.1 Å². The van der Waals surface area contributed by atoms with Gasteiger partial charge in [-0.15, -0.1) is 0 Å². The molecule has 0 spiro atoms. The van der Waals surface area contributed by atoms with Crippen LogP contribution in [-0.4, -0.2) is 71.1 Å². The molecule has 0 radical (unpaired) electrons. The Labute approximate surface area is 410 Å². The molecular formula is C52H49Cl2F2N5O6S2. The molecule has 69 heavy (non-hydrogen) atoms. The van der Waals surface area contributed by atoms with E-state index in [2.05, 4.69) is 10.2 Å². The lowest BCUT2D eigenvalue weighted by atomic mass is 9.60. The molecule has 17 heteroatoms. The molecule has 0 amide bonds. The van der Waals surface area contributed by atoms with Gasteiger partial charge in [0.2, 0.25) is 10.0 Å². The van der Waals surface area contributed by atoms with E-state index in [0.29, 0.717) is 61.4 Å². The van der Waals surface area contributed by atoms with Gasteiger partial charge in [-0.2, -0.15) is 14.5 Å². The van der Waals surface area contributed by atoms with Crippen LogP contribution in [0.1, 0.15) is 74.9 Å². The lowest BCUT2D eigenvalue weighted by Crippen LogP contribution is -2.48. The molecule has 11 nitrogen and oxygen atoms in total. The van der Waals surface area contributed by atoms with Crippen molar-refractivity contribution < 1.29 is 35.2 Å². The summed E-state index contributed by atoms with van der Waals surface area (Å²) in [6, 6.07) is 24.3. The number of carbonyl (C=O) groups is 2.